The molecule has 1 aromatic carbocycles. The number of fused-ring (bicyclic) bond motifs is 2. The van der Waals surface area contributed by atoms with Crippen molar-refractivity contribution in [3.8, 4) is 0 Å². The van der Waals surface area contributed by atoms with E-state index in [-0.39, 0.29) is 11.8 Å². The third kappa shape index (κ3) is 2.49. The van der Waals surface area contributed by atoms with E-state index in [9.17, 15) is 4.79 Å². The second kappa shape index (κ2) is 5.65. The average molecular weight is 333 g/mol. The highest BCUT2D eigenvalue weighted by molar-refractivity contribution is 5.80. The number of imidazole rings is 1. The zero-order valence-corrected chi connectivity index (χ0v) is 13.9. The third-order valence-electron chi connectivity index (χ3n) is 5.36. The van der Waals surface area contributed by atoms with Gasteiger partial charge in [0, 0.05) is 50.6 Å². The lowest BCUT2D eigenvalue weighted by molar-refractivity contribution is -0.141. The summed E-state index contributed by atoms with van der Waals surface area (Å²) in [4.78, 5) is 28.3. The van der Waals surface area contributed by atoms with Gasteiger partial charge in [-0.25, -0.2) is 9.97 Å². The molecule has 0 N–H and O–H groups in total. The van der Waals surface area contributed by atoms with Gasteiger partial charge in [-0.15, -0.1) is 0 Å². The van der Waals surface area contributed by atoms with Gasteiger partial charge < -0.3 is 9.47 Å². The fraction of sp³-hybridized carbons (Fsp3) is 0.368. The van der Waals surface area contributed by atoms with E-state index in [0.717, 1.165) is 55.0 Å². The van der Waals surface area contributed by atoms with Crippen LogP contribution in [0.2, 0.25) is 0 Å². The quantitative estimate of drug-likeness (QED) is 0.720. The molecule has 0 spiro atoms. The molecule has 3 aromatic rings. The topological polar surface area (TPSA) is 63.9 Å². The summed E-state index contributed by atoms with van der Waals surface area (Å²) < 4.78 is 2.11. The molecule has 2 aliphatic rings. The number of hydrogen-bond donors (Lipinski definition) is 0. The summed E-state index contributed by atoms with van der Waals surface area (Å²) in [5.41, 5.74) is 2.82. The fourth-order valence-electron chi connectivity index (χ4n) is 3.84. The first-order valence-electron chi connectivity index (χ1n) is 8.78. The van der Waals surface area contributed by atoms with E-state index in [0.29, 0.717) is 5.92 Å². The Morgan fingerprint density at radius 1 is 1.08 bits per heavy atom. The molecule has 0 saturated carbocycles. The maximum Gasteiger partial charge on any atom is 0.227 e. The molecule has 1 amide bonds. The van der Waals surface area contributed by atoms with Crippen molar-refractivity contribution < 1.29 is 4.79 Å². The molecule has 1 fully saturated rings. The molecular weight excluding hydrogens is 314 g/mol. The Labute approximate surface area is 145 Å². The van der Waals surface area contributed by atoms with E-state index in [1.807, 2.05) is 47.8 Å². The van der Waals surface area contributed by atoms with Gasteiger partial charge in [-0.3, -0.25) is 9.78 Å². The van der Waals surface area contributed by atoms with Gasteiger partial charge in [0.15, 0.2) is 0 Å². The normalized spacial score (nSPS) is 20.3. The minimum atomic E-state index is 0.0744. The Morgan fingerprint density at radius 2 is 1.92 bits per heavy atom. The van der Waals surface area contributed by atoms with Crippen molar-refractivity contribution >= 4 is 16.9 Å². The molecule has 1 atom stereocenters. The summed E-state index contributed by atoms with van der Waals surface area (Å²) in [6.45, 7) is 2.25. The lowest BCUT2D eigenvalue weighted by atomic mass is 9.91. The van der Waals surface area contributed by atoms with Crippen molar-refractivity contribution in [3.05, 3.63) is 54.4 Å². The second-order valence-corrected chi connectivity index (χ2v) is 6.96. The lowest BCUT2D eigenvalue weighted by Gasteiger charge is -2.41. The van der Waals surface area contributed by atoms with Crippen molar-refractivity contribution in [2.24, 2.45) is 5.92 Å². The highest BCUT2D eigenvalue weighted by Crippen LogP contribution is 2.30. The molecule has 5 rings (SSSR count). The standard InChI is InChI=1S/C19H19N5O/c25-19(13-5-6-18-20-7-8-23(18)10-13)24-11-14(12-24)17-9-21-15-3-1-2-4-16(15)22-17/h1-4,7-9,13-14H,5-6,10-12H2. The van der Waals surface area contributed by atoms with Crippen LogP contribution < -0.4 is 0 Å². The van der Waals surface area contributed by atoms with Crippen molar-refractivity contribution in [2.45, 2.75) is 25.3 Å². The van der Waals surface area contributed by atoms with Gasteiger partial charge in [0.1, 0.15) is 5.82 Å². The smallest absolute Gasteiger partial charge is 0.227 e. The zero-order valence-electron chi connectivity index (χ0n) is 13.9. The number of carbonyl (C=O) groups excluding carboxylic acids is 1. The summed E-state index contributed by atoms with van der Waals surface area (Å²) in [5, 5.41) is 0. The van der Waals surface area contributed by atoms with E-state index in [4.69, 9.17) is 4.98 Å². The Bertz CT molecular complexity index is 944. The largest absolute Gasteiger partial charge is 0.341 e. The Kier molecular flexibility index (Phi) is 3.29. The number of likely N-dealkylation sites (tertiary alicyclic amines) is 1. The molecule has 2 aromatic heterocycles. The number of rotatable bonds is 2. The summed E-state index contributed by atoms with van der Waals surface area (Å²) in [6, 6.07) is 7.90. The molecule has 0 bridgehead atoms. The number of benzene rings is 1. The molecule has 126 valence electrons. The number of nitrogens with zero attached hydrogens (tertiary/aromatic N) is 5. The molecule has 6 nitrogen and oxygen atoms in total. The highest BCUT2D eigenvalue weighted by Gasteiger charge is 2.37. The number of amides is 1. The van der Waals surface area contributed by atoms with E-state index in [2.05, 4.69) is 14.5 Å². The van der Waals surface area contributed by atoms with Crippen LogP contribution in [0.1, 0.15) is 23.9 Å². The molecular formula is C19H19N5O. The first-order valence-corrected chi connectivity index (χ1v) is 8.78. The molecule has 0 aliphatic carbocycles. The van der Waals surface area contributed by atoms with Gasteiger partial charge in [0.05, 0.1) is 22.6 Å². The molecule has 4 heterocycles. The first-order chi connectivity index (χ1) is 12.3. The van der Waals surface area contributed by atoms with Gasteiger partial charge in [-0.1, -0.05) is 12.1 Å². The van der Waals surface area contributed by atoms with Crippen molar-refractivity contribution in [2.75, 3.05) is 13.1 Å². The van der Waals surface area contributed by atoms with Gasteiger partial charge in [-0.05, 0) is 18.6 Å². The number of aryl methyl sites for hydroxylation is 1. The third-order valence-corrected chi connectivity index (χ3v) is 5.36. The zero-order chi connectivity index (χ0) is 16.8. The highest BCUT2D eigenvalue weighted by atomic mass is 16.2. The molecule has 25 heavy (non-hydrogen) atoms. The predicted octanol–water partition coefficient (Wildman–Crippen LogP) is 2.01. The van der Waals surface area contributed by atoms with E-state index < -0.39 is 0 Å². The second-order valence-electron chi connectivity index (χ2n) is 6.96. The Balaban J connectivity index is 1.26. The monoisotopic (exact) mass is 333 g/mol. The predicted molar refractivity (Wildman–Crippen MR) is 92.9 cm³/mol. The number of hydrogen-bond acceptors (Lipinski definition) is 4. The molecule has 0 radical (unpaired) electrons. The minimum Gasteiger partial charge on any atom is -0.341 e. The molecule has 1 saturated heterocycles. The molecule has 1 unspecified atom stereocenters. The van der Waals surface area contributed by atoms with Crippen LogP contribution in [-0.2, 0) is 17.8 Å². The van der Waals surface area contributed by atoms with Crippen LogP contribution in [0.25, 0.3) is 11.0 Å². The van der Waals surface area contributed by atoms with Gasteiger partial charge >= 0.3 is 0 Å². The van der Waals surface area contributed by atoms with Crippen molar-refractivity contribution in [1.29, 1.82) is 0 Å². The van der Waals surface area contributed by atoms with Crippen molar-refractivity contribution in [3.63, 3.8) is 0 Å². The Hall–Kier alpha value is -2.76. The van der Waals surface area contributed by atoms with Gasteiger partial charge in [-0.2, -0.15) is 0 Å². The summed E-state index contributed by atoms with van der Waals surface area (Å²) in [6.07, 6.45) is 7.43. The van der Waals surface area contributed by atoms with Crippen LogP contribution in [0.5, 0.6) is 0 Å². The maximum absolute atomic E-state index is 12.8. The van der Waals surface area contributed by atoms with Gasteiger partial charge in [0.25, 0.3) is 0 Å². The maximum atomic E-state index is 12.8. The number of aromatic nitrogens is 4. The average Bonchev–Trinajstić information content (AvgIpc) is 3.08. The van der Waals surface area contributed by atoms with Crippen LogP contribution in [0.15, 0.2) is 42.9 Å². The number of carbonyl (C=O) groups is 1. The van der Waals surface area contributed by atoms with Crippen LogP contribution >= 0.6 is 0 Å². The van der Waals surface area contributed by atoms with Crippen LogP contribution in [-0.4, -0.2) is 43.4 Å². The van der Waals surface area contributed by atoms with Crippen LogP contribution in [0.3, 0.4) is 0 Å². The number of para-hydroxylation sites is 2. The minimum absolute atomic E-state index is 0.0744. The van der Waals surface area contributed by atoms with E-state index >= 15 is 0 Å². The summed E-state index contributed by atoms with van der Waals surface area (Å²) in [5.74, 6) is 1.74. The SMILES string of the molecule is O=C(C1CCc2nccn2C1)N1CC(c2cnc3ccccc3n2)C1. The summed E-state index contributed by atoms with van der Waals surface area (Å²) >= 11 is 0. The van der Waals surface area contributed by atoms with Crippen LogP contribution in [0, 0.1) is 5.92 Å². The lowest BCUT2D eigenvalue weighted by Crippen LogP contribution is -2.52. The molecule has 2 aliphatic heterocycles. The summed E-state index contributed by atoms with van der Waals surface area (Å²) in [7, 11) is 0. The van der Waals surface area contributed by atoms with E-state index in [1.165, 1.54) is 0 Å². The first kappa shape index (κ1) is 14.6. The Morgan fingerprint density at radius 3 is 2.80 bits per heavy atom. The van der Waals surface area contributed by atoms with Crippen LogP contribution in [0.4, 0.5) is 0 Å². The molecule has 6 heteroatoms. The van der Waals surface area contributed by atoms with Gasteiger partial charge in [0.2, 0.25) is 5.91 Å². The van der Waals surface area contributed by atoms with E-state index in [1.54, 1.807) is 0 Å². The fourth-order valence-corrected chi connectivity index (χ4v) is 3.84. The van der Waals surface area contributed by atoms with Crippen molar-refractivity contribution in [1.82, 2.24) is 24.4 Å².